The van der Waals surface area contributed by atoms with E-state index in [-0.39, 0.29) is 5.92 Å². The molecule has 2 atom stereocenters. The second-order valence-corrected chi connectivity index (χ2v) is 3.70. The maximum atomic E-state index is 10.8. The van der Waals surface area contributed by atoms with Crippen molar-refractivity contribution in [3.05, 3.63) is 35.4 Å². The molecule has 0 fully saturated rings. The average molecular weight is 206 g/mol. The van der Waals surface area contributed by atoms with Crippen LogP contribution in [0.5, 0.6) is 0 Å². The molecule has 15 heavy (non-hydrogen) atoms. The van der Waals surface area contributed by atoms with Crippen LogP contribution in [0.4, 0.5) is 0 Å². The number of carbonyl (C=O) groups excluding carboxylic acids is 1. The summed E-state index contributed by atoms with van der Waals surface area (Å²) in [4.78, 5) is 21.2. The molecule has 3 nitrogen and oxygen atoms in total. The van der Waals surface area contributed by atoms with Gasteiger partial charge in [-0.2, -0.15) is 0 Å². The van der Waals surface area contributed by atoms with E-state index in [0.29, 0.717) is 5.56 Å². The molecule has 0 aliphatic heterocycles. The third-order valence-electron chi connectivity index (χ3n) is 2.74. The first-order chi connectivity index (χ1) is 7.06. The van der Waals surface area contributed by atoms with Crippen LogP contribution >= 0.6 is 0 Å². The third kappa shape index (κ3) is 2.65. The van der Waals surface area contributed by atoms with Crippen molar-refractivity contribution in [1.29, 1.82) is 0 Å². The Morgan fingerprint density at radius 1 is 1.27 bits per heavy atom. The predicted molar refractivity (Wildman–Crippen MR) is 57.0 cm³/mol. The normalized spacial score (nSPS) is 14.3. The first-order valence-electron chi connectivity index (χ1n) is 4.84. The SMILES string of the molecule is CC(C(=O)O)C(C)c1ccc(C=O)cc1. The Morgan fingerprint density at radius 3 is 2.20 bits per heavy atom. The topological polar surface area (TPSA) is 54.4 Å². The second kappa shape index (κ2) is 4.73. The summed E-state index contributed by atoms with van der Waals surface area (Å²) in [5.74, 6) is -1.28. The molecule has 0 bridgehead atoms. The van der Waals surface area contributed by atoms with Gasteiger partial charge in [0.1, 0.15) is 6.29 Å². The Morgan fingerprint density at radius 2 is 1.80 bits per heavy atom. The summed E-state index contributed by atoms with van der Waals surface area (Å²) in [6.45, 7) is 3.55. The van der Waals surface area contributed by atoms with Gasteiger partial charge in [-0.15, -0.1) is 0 Å². The summed E-state index contributed by atoms with van der Waals surface area (Å²) in [7, 11) is 0. The summed E-state index contributed by atoms with van der Waals surface area (Å²) in [6.07, 6.45) is 0.773. The van der Waals surface area contributed by atoms with E-state index in [2.05, 4.69) is 0 Å². The number of carbonyl (C=O) groups is 2. The molecule has 0 aliphatic rings. The minimum Gasteiger partial charge on any atom is -0.481 e. The lowest BCUT2D eigenvalue weighted by atomic mass is 9.89. The predicted octanol–water partition coefficient (Wildman–Crippen LogP) is 2.32. The second-order valence-electron chi connectivity index (χ2n) is 3.70. The van der Waals surface area contributed by atoms with Gasteiger partial charge in [0.15, 0.2) is 0 Å². The molecule has 1 rings (SSSR count). The fraction of sp³-hybridized carbons (Fsp3) is 0.333. The lowest BCUT2D eigenvalue weighted by Gasteiger charge is -2.16. The average Bonchev–Trinajstić information content (AvgIpc) is 2.27. The first kappa shape index (κ1) is 11.4. The lowest BCUT2D eigenvalue weighted by Crippen LogP contribution is -2.16. The number of hydrogen-bond donors (Lipinski definition) is 1. The Balaban J connectivity index is 2.86. The summed E-state index contributed by atoms with van der Waals surface area (Å²) >= 11 is 0. The largest absolute Gasteiger partial charge is 0.481 e. The molecule has 1 N–H and O–H groups in total. The van der Waals surface area contributed by atoms with E-state index in [9.17, 15) is 9.59 Å². The summed E-state index contributed by atoms with van der Waals surface area (Å²) in [5, 5.41) is 8.86. The third-order valence-corrected chi connectivity index (χ3v) is 2.74. The lowest BCUT2D eigenvalue weighted by molar-refractivity contribution is -0.141. The van der Waals surface area contributed by atoms with Crippen molar-refractivity contribution < 1.29 is 14.7 Å². The quantitative estimate of drug-likeness (QED) is 0.769. The first-order valence-corrected chi connectivity index (χ1v) is 4.84. The Labute approximate surface area is 88.7 Å². The Bertz CT molecular complexity index is 354. The van der Waals surface area contributed by atoms with Crippen molar-refractivity contribution in [1.82, 2.24) is 0 Å². The number of aldehydes is 1. The van der Waals surface area contributed by atoms with Crippen LogP contribution < -0.4 is 0 Å². The highest BCUT2D eigenvalue weighted by atomic mass is 16.4. The monoisotopic (exact) mass is 206 g/mol. The van der Waals surface area contributed by atoms with Crippen molar-refractivity contribution in [3.8, 4) is 0 Å². The molecule has 80 valence electrons. The molecule has 3 heteroatoms. The van der Waals surface area contributed by atoms with Gasteiger partial charge in [0, 0.05) is 5.56 Å². The summed E-state index contributed by atoms with van der Waals surface area (Å²) in [6, 6.07) is 7.00. The zero-order chi connectivity index (χ0) is 11.4. The van der Waals surface area contributed by atoms with E-state index < -0.39 is 11.9 Å². The molecular weight excluding hydrogens is 192 g/mol. The van der Waals surface area contributed by atoms with Gasteiger partial charge in [0.2, 0.25) is 0 Å². The van der Waals surface area contributed by atoms with Gasteiger partial charge in [0.05, 0.1) is 5.92 Å². The van der Waals surface area contributed by atoms with Gasteiger partial charge in [-0.05, 0) is 11.5 Å². The highest BCUT2D eigenvalue weighted by Crippen LogP contribution is 2.24. The van der Waals surface area contributed by atoms with Crippen LogP contribution in [0.3, 0.4) is 0 Å². The van der Waals surface area contributed by atoms with E-state index in [0.717, 1.165) is 11.8 Å². The van der Waals surface area contributed by atoms with Crippen LogP contribution in [0, 0.1) is 5.92 Å². The standard InChI is InChI=1S/C12H14O3/c1-8(9(2)12(14)15)11-5-3-10(7-13)4-6-11/h3-9H,1-2H3,(H,14,15). The number of rotatable bonds is 4. The molecule has 0 aliphatic carbocycles. The maximum Gasteiger partial charge on any atom is 0.306 e. The maximum absolute atomic E-state index is 10.8. The van der Waals surface area contributed by atoms with Crippen molar-refractivity contribution in [2.45, 2.75) is 19.8 Å². The number of carboxylic acids is 1. The highest BCUT2D eigenvalue weighted by Gasteiger charge is 2.20. The molecule has 2 unspecified atom stereocenters. The van der Waals surface area contributed by atoms with Crippen molar-refractivity contribution in [2.24, 2.45) is 5.92 Å². The Kier molecular flexibility index (Phi) is 3.61. The smallest absolute Gasteiger partial charge is 0.306 e. The van der Waals surface area contributed by atoms with Crippen LogP contribution in [0.25, 0.3) is 0 Å². The molecule has 1 aromatic rings. The molecule has 0 radical (unpaired) electrons. The van der Waals surface area contributed by atoms with Gasteiger partial charge >= 0.3 is 5.97 Å². The minimum absolute atomic E-state index is 0.0526. The number of carboxylic acid groups (broad SMARTS) is 1. The molecular formula is C12H14O3. The van der Waals surface area contributed by atoms with Gasteiger partial charge < -0.3 is 5.11 Å². The van der Waals surface area contributed by atoms with E-state index in [1.54, 1.807) is 31.2 Å². The highest BCUT2D eigenvalue weighted by molar-refractivity contribution is 5.75. The molecule has 0 saturated carbocycles. The summed E-state index contributed by atoms with van der Waals surface area (Å²) in [5.41, 5.74) is 1.55. The van der Waals surface area contributed by atoms with E-state index in [1.807, 2.05) is 6.92 Å². The zero-order valence-electron chi connectivity index (χ0n) is 8.81. The van der Waals surface area contributed by atoms with Gasteiger partial charge in [-0.3, -0.25) is 9.59 Å². The molecule has 0 aromatic heterocycles. The van der Waals surface area contributed by atoms with Gasteiger partial charge in [0.25, 0.3) is 0 Å². The minimum atomic E-state index is -0.804. The molecule has 1 aromatic carbocycles. The molecule has 0 saturated heterocycles. The van der Waals surface area contributed by atoms with E-state index in [1.165, 1.54) is 0 Å². The number of aliphatic carboxylic acids is 1. The van der Waals surface area contributed by atoms with Gasteiger partial charge in [-0.1, -0.05) is 38.1 Å². The fourth-order valence-corrected chi connectivity index (χ4v) is 1.38. The Hall–Kier alpha value is -1.64. The van der Waals surface area contributed by atoms with E-state index in [4.69, 9.17) is 5.11 Å². The molecule has 0 amide bonds. The van der Waals surface area contributed by atoms with Crippen molar-refractivity contribution >= 4 is 12.3 Å². The van der Waals surface area contributed by atoms with Crippen LogP contribution in [-0.2, 0) is 4.79 Å². The zero-order valence-corrected chi connectivity index (χ0v) is 8.81. The van der Waals surface area contributed by atoms with E-state index >= 15 is 0 Å². The van der Waals surface area contributed by atoms with Crippen molar-refractivity contribution in [3.63, 3.8) is 0 Å². The van der Waals surface area contributed by atoms with Crippen LogP contribution in [0.2, 0.25) is 0 Å². The number of hydrogen-bond acceptors (Lipinski definition) is 2. The molecule has 0 spiro atoms. The van der Waals surface area contributed by atoms with Crippen LogP contribution in [0.1, 0.15) is 35.7 Å². The van der Waals surface area contributed by atoms with Gasteiger partial charge in [-0.25, -0.2) is 0 Å². The summed E-state index contributed by atoms with van der Waals surface area (Å²) < 4.78 is 0. The van der Waals surface area contributed by atoms with Crippen LogP contribution in [-0.4, -0.2) is 17.4 Å². The van der Waals surface area contributed by atoms with Crippen LogP contribution in [0.15, 0.2) is 24.3 Å². The fourth-order valence-electron chi connectivity index (χ4n) is 1.38. The molecule has 0 heterocycles. The van der Waals surface area contributed by atoms with Crippen molar-refractivity contribution in [2.75, 3.05) is 0 Å². The number of benzene rings is 1.